The summed E-state index contributed by atoms with van der Waals surface area (Å²) in [6.45, 7) is 3.49. The number of carbonyl (C=O) groups is 1. The van der Waals surface area contributed by atoms with E-state index < -0.39 is 11.5 Å². The van der Waals surface area contributed by atoms with Crippen LogP contribution in [0.25, 0.3) is 0 Å². The van der Waals surface area contributed by atoms with Gasteiger partial charge in [-0.1, -0.05) is 0 Å². The molecule has 1 N–H and O–H groups in total. The van der Waals surface area contributed by atoms with Crippen LogP contribution in [-0.4, -0.2) is 22.2 Å². The van der Waals surface area contributed by atoms with Gasteiger partial charge in [0.2, 0.25) is 0 Å². The third kappa shape index (κ3) is 2.83. The highest BCUT2D eigenvalue weighted by molar-refractivity contribution is 5.69. The minimum Gasteiger partial charge on any atom is -0.508 e. The second-order valence-electron chi connectivity index (χ2n) is 3.08. The van der Waals surface area contributed by atoms with Crippen molar-refractivity contribution in [3.05, 3.63) is 28.2 Å². The average molecular weight is 211 g/mol. The summed E-state index contributed by atoms with van der Waals surface area (Å²) in [5.41, 5.74) is 0.105. The van der Waals surface area contributed by atoms with Crippen molar-refractivity contribution in [3.63, 3.8) is 0 Å². The van der Waals surface area contributed by atoms with Crippen LogP contribution in [0, 0.1) is 6.92 Å². The van der Waals surface area contributed by atoms with E-state index in [1.807, 2.05) is 0 Å². The maximum atomic E-state index is 11.4. The van der Waals surface area contributed by atoms with Gasteiger partial charge in [-0.05, 0) is 19.9 Å². The van der Waals surface area contributed by atoms with Crippen LogP contribution >= 0.6 is 0 Å². The fourth-order valence-corrected chi connectivity index (χ4v) is 1.25. The van der Waals surface area contributed by atoms with Crippen molar-refractivity contribution in [1.29, 1.82) is 0 Å². The van der Waals surface area contributed by atoms with E-state index in [9.17, 15) is 9.59 Å². The molecule has 0 saturated heterocycles. The molecular formula is C10H13NO4. The van der Waals surface area contributed by atoms with Gasteiger partial charge in [0.05, 0.1) is 6.61 Å². The molecule has 0 unspecified atom stereocenters. The van der Waals surface area contributed by atoms with Gasteiger partial charge in [0, 0.05) is 11.8 Å². The maximum absolute atomic E-state index is 11.4. The number of ether oxygens (including phenoxy) is 1. The van der Waals surface area contributed by atoms with Crippen molar-refractivity contribution >= 4 is 5.97 Å². The lowest BCUT2D eigenvalue weighted by molar-refractivity contribution is -0.143. The van der Waals surface area contributed by atoms with Crippen molar-refractivity contribution < 1.29 is 14.6 Å². The molecule has 0 amide bonds. The lowest BCUT2D eigenvalue weighted by Crippen LogP contribution is -2.26. The van der Waals surface area contributed by atoms with E-state index in [-0.39, 0.29) is 18.9 Å². The number of aromatic nitrogens is 1. The Morgan fingerprint density at radius 2 is 2.20 bits per heavy atom. The van der Waals surface area contributed by atoms with Crippen molar-refractivity contribution in [1.82, 2.24) is 4.57 Å². The van der Waals surface area contributed by atoms with Gasteiger partial charge < -0.3 is 14.4 Å². The molecule has 0 radical (unpaired) electrons. The van der Waals surface area contributed by atoms with Crippen LogP contribution in [0.4, 0.5) is 0 Å². The van der Waals surface area contributed by atoms with Gasteiger partial charge >= 0.3 is 5.97 Å². The predicted octanol–water partition coefficient (Wildman–Crippen LogP) is 0.425. The highest BCUT2D eigenvalue weighted by Crippen LogP contribution is 2.06. The highest BCUT2D eigenvalue weighted by Gasteiger charge is 2.08. The van der Waals surface area contributed by atoms with Gasteiger partial charge in [-0.15, -0.1) is 0 Å². The number of rotatable bonds is 3. The Morgan fingerprint density at radius 3 is 2.73 bits per heavy atom. The Hall–Kier alpha value is -1.78. The predicted molar refractivity (Wildman–Crippen MR) is 53.7 cm³/mol. The van der Waals surface area contributed by atoms with Crippen molar-refractivity contribution in [2.24, 2.45) is 0 Å². The molecule has 15 heavy (non-hydrogen) atoms. The van der Waals surface area contributed by atoms with Crippen LogP contribution in [0.1, 0.15) is 12.6 Å². The van der Waals surface area contributed by atoms with E-state index >= 15 is 0 Å². The molecule has 0 aliphatic rings. The number of aryl methyl sites for hydroxylation is 1. The molecule has 0 aliphatic carbocycles. The minimum atomic E-state index is -0.464. The highest BCUT2D eigenvalue weighted by atomic mass is 16.5. The molecule has 0 spiro atoms. The van der Waals surface area contributed by atoms with E-state index in [4.69, 9.17) is 9.84 Å². The normalized spacial score (nSPS) is 10.0. The summed E-state index contributed by atoms with van der Waals surface area (Å²) in [7, 11) is 0. The molecule has 5 nitrogen and oxygen atoms in total. The lowest BCUT2D eigenvalue weighted by Gasteiger charge is -2.08. The van der Waals surface area contributed by atoms with Crippen LogP contribution < -0.4 is 5.56 Å². The smallest absolute Gasteiger partial charge is 0.326 e. The number of nitrogens with zero attached hydrogens (tertiary/aromatic N) is 1. The van der Waals surface area contributed by atoms with Gasteiger partial charge in [0.25, 0.3) is 5.56 Å². The van der Waals surface area contributed by atoms with Crippen LogP contribution in [0.2, 0.25) is 0 Å². The maximum Gasteiger partial charge on any atom is 0.326 e. The summed E-state index contributed by atoms with van der Waals surface area (Å²) in [6, 6.07) is 2.48. The fraction of sp³-hybridized carbons (Fsp3) is 0.400. The second-order valence-corrected chi connectivity index (χ2v) is 3.08. The number of carbonyl (C=O) groups excluding carboxylic acids is 1. The quantitative estimate of drug-likeness (QED) is 0.736. The van der Waals surface area contributed by atoms with Gasteiger partial charge in [-0.2, -0.15) is 0 Å². The standard InChI is InChI=1S/C10H13NO4/c1-3-15-10(14)6-11-7(2)4-8(12)5-9(11)13/h4-5,12H,3,6H2,1-2H3. The fourth-order valence-electron chi connectivity index (χ4n) is 1.25. The molecule has 0 aromatic carbocycles. The zero-order chi connectivity index (χ0) is 11.4. The Labute approximate surface area is 86.9 Å². The number of hydrogen-bond acceptors (Lipinski definition) is 4. The molecule has 0 fully saturated rings. The molecule has 0 bridgehead atoms. The Morgan fingerprint density at radius 1 is 1.53 bits per heavy atom. The molecule has 0 atom stereocenters. The van der Waals surface area contributed by atoms with Crippen molar-refractivity contribution in [2.75, 3.05) is 6.61 Å². The average Bonchev–Trinajstić information content (AvgIpc) is 2.11. The zero-order valence-electron chi connectivity index (χ0n) is 8.69. The summed E-state index contributed by atoms with van der Waals surface area (Å²) in [6.07, 6.45) is 0. The molecule has 1 heterocycles. The first-order chi connectivity index (χ1) is 7.04. The molecule has 0 saturated carbocycles. The van der Waals surface area contributed by atoms with Gasteiger partial charge in [-0.3, -0.25) is 9.59 Å². The summed E-state index contributed by atoms with van der Waals surface area (Å²) in [5.74, 6) is -0.564. The van der Waals surface area contributed by atoms with E-state index in [0.717, 1.165) is 6.07 Å². The number of pyridine rings is 1. The third-order valence-corrected chi connectivity index (χ3v) is 1.91. The first-order valence-corrected chi connectivity index (χ1v) is 4.60. The molecule has 1 aromatic rings. The SMILES string of the molecule is CCOC(=O)Cn1c(C)cc(O)cc1=O. The van der Waals surface area contributed by atoms with E-state index in [2.05, 4.69) is 0 Å². The van der Waals surface area contributed by atoms with Crippen LogP contribution in [0.15, 0.2) is 16.9 Å². The van der Waals surface area contributed by atoms with E-state index in [1.165, 1.54) is 10.6 Å². The molecule has 1 aromatic heterocycles. The molecule has 82 valence electrons. The van der Waals surface area contributed by atoms with Gasteiger partial charge in [-0.25, -0.2) is 0 Å². The zero-order valence-corrected chi connectivity index (χ0v) is 8.69. The van der Waals surface area contributed by atoms with Crippen LogP contribution in [0.3, 0.4) is 0 Å². The molecule has 1 rings (SSSR count). The Kier molecular flexibility index (Phi) is 3.49. The van der Waals surface area contributed by atoms with Crippen LogP contribution in [-0.2, 0) is 16.1 Å². The van der Waals surface area contributed by atoms with Gasteiger partial charge in [0.1, 0.15) is 12.3 Å². The number of esters is 1. The van der Waals surface area contributed by atoms with Gasteiger partial charge in [0.15, 0.2) is 0 Å². The van der Waals surface area contributed by atoms with Crippen molar-refractivity contribution in [3.8, 4) is 5.75 Å². The molecular weight excluding hydrogens is 198 g/mol. The number of aromatic hydroxyl groups is 1. The largest absolute Gasteiger partial charge is 0.508 e. The summed E-state index contributed by atoms with van der Waals surface area (Å²) < 4.78 is 5.97. The monoisotopic (exact) mass is 211 g/mol. The van der Waals surface area contributed by atoms with E-state index in [0.29, 0.717) is 5.69 Å². The molecule has 5 heteroatoms. The first-order valence-electron chi connectivity index (χ1n) is 4.60. The second kappa shape index (κ2) is 4.63. The van der Waals surface area contributed by atoms with Crippen LogP contribution in [0.5, 0.6) is 5.75 Å². The minimum absolute atomic E-state index is 0.0994. The molecule has 0 aliphatic heterocycles. The first kappa shape index (κ1) is 11.3. The van der Waals surface area contributed by atoms with E-state index in [1.54, 1.807) is 13.8 Å². The third-order valence-electron chi connectivity index (χ3n) is 1.91. The topological polar surface area (TPSA) is 68.5 Å². The van der Waals surface area contributed by atoms with Crippen molar-refractivity contribution in [2.45, 2.75) is 20.4 Å². The summed E-state index contributed by atoms with van der Waals surface area (Å²) in [5, 5.41) is 9.13. The summed E-state index contributed by atoms with van der Waals surface area (Å²) >= 11 is 0. The Balaban J connectivity index is 2.95. The lowest BCUT2D eigenvalue weighted by atomic mass is 10.3. The number of hydrogen-bond donors (Lipinski definition) is 1. The Bertz CT molecular complexity index is 422. The summed E-state index contributed by atoms with van der Waals surface area (Å²) in [4.78, 5) is 22.6.